The molecular formula is C22H22N6O. The van der Waals surface area contributed by atoms with Crippen LogP contribution in [0.5, 0.6) is 0 Å². The van der Waals surface area contributed by atoms with Crippen molar-refractivity contribution in [1.29, 1.82) is 0 Å². The maximum absolute atomic E-state index is 11.3. The normalized spacial score (nSPS) is 19.6. The number of nitrogens with zero attached hydrogens (tertiary/aromatic N) is 4. The minimum Gasteiger partial charge on any atom is -0.333 e. The van der Waals surface area contributed by atoms with Crippen LogP contribution >= 0.6 is 0 Å². The Morgan fingerprint density at radius 3 is 2.72 bits per heavy atom. The molecule has 0 unspecified atom stereocenters. The number of hydrogen-bond acceptors (Lipinski definition) is 6. The first kappa shape index (κ1) is 17.6. The molecular weight excluding hydrogens is 364 g/mol. The topological polar surface area (TPSA) is 83.0 Å². The third kappa shape index (κ3) is 3.40. The minimum atomic E-state index is -0.106. The number of fused-ring (bicyclic) bond motifs is 2. The second kappa shape index (κ2) is 7.16. The fourth-order valence-electron chi connectivity index (χ4n) is 4.45. The number of rotatable bonds is 4. The lowest BCUT2D eigenvalue weighted by Crippen LogP contribution is -2.43. The summed E-state index contributed by atoms with van der Waals surface area (Å²) in [4.78, 5) is 27.0. The van der Waals surface area contributed by atoms with E-state index in [0.29, 0.717) is 23.9 Å². The van der Waals surface area contributed by atoms with Crippen molar-refractivity contribution in [2.45, 2.75) is 31.7 Å². The molecule has 2 atom stereocenters. The van der Waals surface area contributed by atoms with Crippen LogP contribution in [-0.2, 0) is 4.79 Å². The molecule has 1 amide bonds. The molecule has 2 N–H and O–H groups in total. The Kier molecular flexibility index (Phi) is 4.35. The number of anilines is 4. The summed E-state index contributed by atoms with van der Waals surface area (Å²) in [6.45, 7) is 2.42. The number of benzene rings is 2. The Hall–Kier alpha value is -3.48. The molecule has 29 heavy (non-hydrogen) atoms. The van der Waals surface area contributed by atoms with E-state index in [2.05, 4.69) is 54.8 Å². The van der Waals surface area contributed by atoms with Gasteiger partial charge in [-0.05, 0) is 42.2 Å². The number of carbonyl (C=O) groups is 1. The van der Waals surface area contributed by atoms with Gasteiger partial charge in [0.2, 0.25) is 17.8 Å². The van der Waals surface area contributed by atoms with Crippen molar-refractivity contribution >= 4 is 29.2 Å². The largest absolute Gasteiger partial charge is 0.333 e. The van der Waals surface area contributed by atoms with Gasteiger partial charge in [-0.2, -0.15) is 4.98 Å². The first-order chi connectivity index (χ1) is 14.2. The van der Waals surface area contributed by atoms with Crippen LogP contribution in [0.3, 0.4) is 0 Å². The van der Waals surface area contributed by atoms with Gasteiger partial charge in [0, 0.05) is 30.8 Å². The number of piperidine rings is 1. The van der Waals surface area contributed by atoms with E-state index >= 15 is 0 Å². The van der Waals surface area contributed by atoms with Gasteiger partial charge >= 0.3 is 0 Å². The van der Waals surface area contributed by atoms with Crippen molar-refractivity contribution in [3.63, 3.8) is 0 Å². The molecule has 3 aliphatic rings. The molecule has 146 valence electrons. The van der Waals surface area contributed by atoms with Crippen LogP contribution in [-0.4, -0.2) is 27.4 Å². The van der Waals surface area contributed by atoms with Crippen molar-refractivity contribution in [2.24, 2.45) is 0 Å². The molecule has 2 aromatic carbocycles. The van der Waals surface area contributed by atoms with Crippen molar-refractivity contribution in [3.05, 3.63) is 66.0 Å². The van der Waals surface area contributed by atoms with Crippen LogP contribution in [0.4, 0.5) is 23.3 Å². The molecule has 2 bridgehead atoms. The van der Waals surface area contributed by atoms with Gasteiger partial charge in [0.25, 0.3) is 0 Å². The average molecular weight is 386 g/mol. The van der Waals surface area contributed by atoms with Gasteiger partial charge in [-0.15, -0.1) is 0 Å². The van der Waals surface area contributed by atoms with Crippen LogP contribution in [0.25, 0.3) is 0 Å². The number of nitrogens with one attached hydrogen (secondary N) is 2. The molecule has 7 nitrogen and oxygen atoms in total. The van der Waals surface area contributed by atoms with Crippen LogP contribution in [0.2, 0.25) is 0 Å². The summed E-state index contributed by atoms with van der Waals surface area (Å²) in [5.74, 6) is 1.61. The second-order valence-corrected chi connectivity index (χ2v) is 7.57. The van der Waals surface area contributed by atoms with Gasteiger partial charge in [0.1, 0.15) is 6.33 Å². The monoisotopic (exact) mass is 386 g/mol. The number of amides is 1. The molecule has 0 saturated carbocycles. The third-order valence-corrected chi connectivity index (χ3v) is 5.63. The predicted molar refractivity (Wildman–Crippen MR) is 112 cm³/mol. The third-order valence-electron chi connectivity index (χ3n) is 5.63. The summed E-state index contributed by atoms with van der Waals surface area (Å²) in [6, 6.07) is 16.5. The first-order valence-electron chi connectivity index (χ1n) is 9.86. The fraction of sp³-hybridized carbons (Fsp3) is 0.273. The SMILES string of the molecule is CC(=O)Nc1cccc(Nc2ncnc(N3C[C@@H]4CC[C@H]3c3ccccc34)n2)c1. The highest BCUT2D eigenvalue weighted by molar-refractivity contribution is 5.89. The fourth-order valence-corrected chi connectivity index (χ4v) is 4.45. The number of aromatic nitrogens is 3. The molecule has 0 spiro atoms. The van der Waals surface area contributed by atoms with Gasteiger partial charge in [-0.3, -0.25) is 4.79 Å². The standard InChI is InChI=1S/C22H22N6O/c1-14(29)25-16-5-4-6-17(11-16)26-21-23-13-24-22(27-21)28-12-15-9-10-20(28)19-8-3-2-7-18(15)19/h2-8,11,13,15,20H,9-10,12H2,1H3,(H,25,29)(H,23,24,26,27)/t15-,20-/m0/s1. The first-order valence-corrected chi connectivity index (χ1v) is 9.86. The highest BCUT2D eigenvalue weighted by Gasteiger charge is 2.39. The van der Waals surface area contributed by atoms with E-state index in [0.717, 1.165) is 24.3 Å². The van der Waals surface area contributed by atoms with E-state index in [1.54, 1.807) is 6.33 Å². The Balaban J connectivity index is 1.39. The van der Waals surface area contributed by atoms with Gasteiger partial charge < -0.3 is 15.5 Å². The zero-order valence-corrected chi connectivity index (χ0v) is 16.2. The van der Waals surface area contributed by atoms with Crippen LogP contribution in [0.15, 0.2) is 54.9 Å². The van der Waals surface area contributed by atoms with Crippen LogP contribution in [0.1, 0.15) is 42.9 Å². The summed E-state index contributed by atoms with van der Waals surface area (Å²) < 4.78 is 0. The molecule has 1 aromatic heterocycles. The quantitative estimate of drug-likeness (QED) is 0.705. The molecule has 3 aromatic rings. The molecule has 0 radical (unpaired) electrons. The van der Waals surface area contributed by atoms with E-state index in [4.69, 9.17) is 0 Å². The molecule has 1 saturated heterocycles. The molecule has 3 heterocycles. The number of carbonyl (C=O) groups excluding carboxylic acids is 1. The summed E-state index contributed by atoms with van der Waals surface area (Å²) in [6.07, 6.45) is 3.88. The van der Waals surface area contributed by atoms with Gasteiger partial charge in [0.05, 0.1) is 6.04 Å². The van der Waals surface area contributed by atoms with E-state index in [-0.39, 0.29) is 5.91 Å². The lowest BCUT2D eigenvalue weighted by molar-refractivity contribution is -0.114. The van der Waals surface area contributed by atoms with E-state index in [1.165, 1.54) is 24.5 Å². The molecule has 6 rings (SSSR count). The Morgan fingerprint density at radius 2 is 1.86 bits per heavy atom. The summed E-state index contributed by atoms with van der Waals surface area (Å²) >= 11 is 0. The summed E-state index contributed by atoms with van der Waals surface area (Å²) in [5.41, 5.74) is 4.40. The Morgan fingerprint density at radius 1 is 1.03 bits per heavy atom. The molecule has 7 heteroatoms. The molecule has 1 fully saturated rings. The maximum atomic E-state index is 11.3. The van der Waals surface area contributed by atoms with Gasteiger partial charge in [-0.1, -0.05) is 30.3 Å². The Labute approximate surface area is 169 Å². The zero-order chi connectivity index (χ0) is 19.8. The Bertz CT molecular complexity index is 1070. The molecule has 1 aliphatic carbocycles. The van der Waals surface area contributed by atoms with Gasteiger partial charge in [0.15, 0.2) is 0 Å². The van der Waals surface area contributed by atoms with E-state index in [9.17, 15) is 4.79 Å². The molecule has 2 aliphatic heterocycles. The summed E-state index contributed by atoms with van der Waals surface area (Å²) in [7, 11) is 0. The zero-order valence-electron chi connectivity index (χ0n) is 16.2. The minimum absolute atomic E-state index is 0.106. The van der Waals surface area contributed by atoms with Crippen LogP contribution < -0.4 is 15.5 Å². The maximum Gasteiger partial charge on any atom is 0.232 e. The summed E-state index contributed by atoms with van der Waals surface area (Å²) in [5, 5.41) is 6.00. The number of hydrogen-bond donors (Lipinski definition) is 2. The smallest absolute Gasteiger partial charge is 0.232 e. The lowest BCUT2D eigenvalue weighted by Gasteiger charge is -2.46. The van der Waals surface area contributed by atoms with Crippen LogP contribution in [0, 0.1) is 0 Å². The van der Waals surface area contributed by atoms with Crippen molar-refractivity contribution in [3.8, 4) is 0 Å². The highest BCUT2D eigenvalue weighted by atomic mass is 16.1. The van der Waals surface area contributed by atoms with Crippen molar-refractivity contribution < 1.29 is 4.79 Å². The lowest BCUT2D eigenvalue weighted by atomic mass is 9.75. The average Bonchev–Trinajstić information content (AvgIpc) is 2.74. The van der Waals surface area contributed by atoms with Crippen molar-refractivity contribution in [2.75, 3.05) is 22.1 Å². The van der Waals surface area contributed by atoms with E-state index < -0.39 is 0 Å². The van der Waals surface area contributed by atoms with E-state index in [1.807, 2.05) is 24.3 Å². The highest BCUT2D eigenvalue weighted by Crippen LogP contribution is 2.47. The second-order valence-electron chi connectivity index (χ2n) is 7.57. The van der Waals surface area contributed by atoms with Gasteiger partial charge in [-0.25, -0.2) is 9.97 Å². The van der Waals surface area contributed by atoms with Crippen molar-refractivity contribution in [1.82, 2.24) is 15.0 Å². The predicted octanol–water partition coefficient (Wildman–Crippen LogP) is 4.01.